The van der Waals surface area contributed by atoms with Crippen LogP contribution in [-0.4, -0.2) is 17.9 Å². The summed E-state index contributed by atoms with van der Waals surface area (Å²) in [7, 11) is 0. The van der Waals surface area contributed by atoms with Crippen molar-refractivity contribution >= 4 is 23.6 Å². The van der Waals surface area contributed by atoms with Crippen LogP contribution in [0.1, 0.15) is 36.2 Å². The van der Waals surface area contributed by atoms with Crippen LogP contribution in [0.3, 0.4) is 0 Å². The molecule has 2 aromatic carbocycles. The van der Waals surface area contributed by atoms with Crippen molar-refractivity contribution in [3.8, 4) is 5.75 Å². The number of hydrogen-bond acceptors (Lipinski definition) is 3. The van der Waals surface area contributed by atoms with E-state index in [0.29, 0.717) is 10.5 Å². The Hall–Kier alpha value is -3.23. The molecule has 0 saturated heterocycles. The molecule has 0 fully saturated rings. The Labute approximate surface area is 162 Å². The van der Waals surface area contributed by atoms with Gasteiger partial charge in [0.05, 0.1) is 5.69 Å². The van der Waals surface area contributed by atoms with Crippen molar-refractivity contribution in [1.29, 1.82) is 0 Å². The number of ether oxygens (including phenoxy) is 1. The van der Waals surface area contributed by atoms with Crippen LogP contribution in [-0.2, 0) is 4.79 Å². The van der Waals surface area contributed by atoms with E-state index in [0.717, 1.165) is 0 Å². The highest BCUT2D eigenvalue weighted by Crippen LogP contribution is 2.40. The zero-order valence-corrected chi connectivity index (χ0v) is 15.2. The molecule has 0 spiro atoms. The Morgan fingerprint density at radius 2 is 1.66 bits per heavy atom. The molecular weight excluding hydrogens is 397 g/mol. The van der Waals surface area contributed by atoms with Crippen molar-refractivity contribution in [1.82, 2.24) is 0 Å². The lowest BCUT2D eigenvalue weighted by Gasteiger charge is -2.33. The predicted octanol–water partition coefficient (Wildman–Crippen LogP) is 4.76. The Balaban J connectivity index is 2.25. The Kier molecular flexibility index (Phi) is 5.41. The number of fused-ring (bicyclic) bond motifs is 1. The summed E-state index contributed by atoms with van der Waals surface area (Å²) < 4.78 is 74.5. The highest BCUT2D eigenvalue weighted by molar-refractivity contribution is 6.24. The number of para-hydroxylation sites is 1. The maximum atomic E-state index is 14.2. The molecule has 9 heteroatoms. The van der Waals surface area contributed by atoms with Gasteiger partial charge in [-0.25, -0.2) is 26.9 Å². The molecule has 0 aromatic heterocycles. The molecule has 1 aliphatic rings. The Bertz CT molecular complexity index is 1020. The topological polar surface area (TPSA) is 46.6 Å². The van der Waals surface area contributed by atoms with Crippen molar-refractivity contribution in [2.24, 2.45) is 0 Å². The molecule has 29 heavy (non-hydrogen) atoms. The van der Waals surface area contributed by atoms with Crippen LogP contribution < -0.4 is 9.64 Å². The number of imide groups is 1. The summed E-state index contributed by atoms with van der Waals surface area (Å²) in [4.78, 5) is 26.0. The van der Waals surface area contributed by atoms with Crippen LogP contribution in [0.2, 0.25) is 0 Å². The molecular formula is C20H14F5NO3. The van der Waals surface area contributed by atoms with Gasteiger partial charge in [0.2, 0.25) is 5.82 Å². The van der Waals surface area contributed by atoms with E-state index in [-0.39, 0.29) is 17.9 Å². The normalized spacial score (nSPS) is 16.2. The van der Waals surface area contributed by atoms with E-state index in [1.807, 2.05) is 0 Å². The van der Waals surface area contributed by atoms with Gasteiger partial charge in [-0.05, 0) is 19.4 Å². The van der Waals surface area contributed by atoms with Gasteiger partial charge in [-0.2, -0.15) is 0 Å². The fourth-order valence-corrected chi connectivity index (χ4v) is 2.98. The molecule has 4 nitrogen and oxygen atoms in total. The van der Waals surface area contributed by atoms with Crippen molar-refractivity contribution in [2.45, 2.75) is 26.4 Å². The first-order valence-electron chi connectivity index (χ1n) is 8.56. The third-order valence-electron chi connectivity index (χ3n) is 4.37. The van der Waals surface area contributed by atoms with Crippen LogP contribution in [0.15, 0.2) is 24.3 Å². The standard InChI is InChI=1S/C20H14F5NO3/c1-3-6-9-7-5-8-10-18(9)29-11(4-2)19(27)26(10)20(28)12-13(21)15(23)17(25)16(24)14(12)22/h3,5-8,11H,4H2,1-2H3/b6-3+. The SMILES string of the molecule is C/C=C/c1cccc2c1OC(CC)C(=O)N2C(=O)c1c(F)c(F)c(F)c(F)c1F. The minimum atomic E-state index is -2.40. The summed E-state index contributed by atoms with van der Waals surface area (Å²) in [6, 6.07) is 4.34. The number of anilines is 1. The van der Waals surface area contributed by atoms with Crippen LogP contribution in [0, 0.1) is 29.1 Å². The van der Waals surface area contributed by atoms with E-state index in [4.69, 9.17) is 4.74 Å². The van der Waals surface area contributed by atoms with E-state index < -0.39 is 52.6 Å². The van der Waals surface area contributed by atoms with Crippen molar-refractivity contribution < 1.29 is 36.3 Å². The molecule has 0 aliphatic carbocycles. The molecule has 1 heterocycles. The minimum Gasteiger partial charge on any atom is -0.478 e. The van der Waals surface area contributed by atoms with Crippen LogP contribution in [0.25, 0.3) is 6.08 Å². The van der Waals surface area contributed by atoms with Gasteiger partial charge < -0.3 is 4.74 Å². The predicted molar refractivity (Wildman–Crippen MR) is 93.9 cm³/mol. The second-order valence-electron chi connectivity index (χ2n) is 6.13. The molecule has 1 atom stereocenters. The molecule has 2 aromatic rings. The van der Waals surface area contributed by atoms with Gasteiger partial charge >= 0.3 is 0 Å². The van der Waals surface area contributed by atoms with Crippen LogP contribution in [0.5, 0.6) is 5.75 Å². The highest BCUT2D eigenvalue weighted by Gasteiger charge is 2.41. The van der Waals surface area contributed by atoms with Gasteiger partial charge in [0.1, 0.15) is 5.56 Å². The second-order valence-corrected chi connectivity index (χ2v) is 6.13. The van der Waals surface area contributed by atoms with Crippen molar-refractivity contribution in [3.63, 3.8) is 0 Å². The number of amides is 2. The molecule has 1 aliphatic heterocycles. The third-order valence-corrected chi connectivity index (χ3v) is 4.37. The van der Waals surface area contributed by atoms with Gasteiger partial charge in [-0.15, -0.1) is 0 Å². The lowest BCUT2D eigenvalue weighted by atomic mass is 10.0. The van der Waals surface area contributed by atoms with E-state index in [2.05, 4.69) is 0 Å². The number of nitrogens with zero attached hydrogens (tertiary/aromatic N) is 1. The van der Waals surface area contributed by atoms with Gasteiger partial charge in [0.25, 0.3) is 11.8 Å². The summed E-state index contributed by atoms with van der Waals surface area (Å²) in [5.74, 6) is -14.2. The number of benzene rings is 2. The van der Waals surface area contributed by atoms with E-state index >= 15 is 0 Å². The number of rotatable bonds is 3. The van der Waals surface area contributed by atoms with E-state index in [1.54, 1.807) is 32.1 Å². The first-order chi connectivity index (χ1) is 13.7. The van der Waals surface area contributed by atoms with E-state index in [9.17, 15) is 31.5 Å². The second kappa shape index (κ2) is 7.65. The Morgan fingerprint density at radius 1 is 1.07 bits per heavy atom. The van der Waals surface area contributed by atoms with E-state index in [1.165, 1.54) is 12.1 Å². The maximum Gasteiger partial charge on any atom is 0.275 e. The molecule has 152 valence electrons. The number of carbonyl (C=O) groups excluding carboxylic acids is 2. The quantitative estimate of drug-likeness (QED) is 0.317. The van der Waals surface area contributed by atoms with Gasteiger partial charge in [-0.3, -0.25) is 9.59 Å². The number of hydrogen-bond donors (Lipinski definition) is 0. The molecule has 0 bridgehead atoms. The Morgan fingerprint density at radius 3 is 2.21 bits per heavy atom. The monoisotopic (exact) mass is 411 g/mol. The number of allylic oxidation sites excluding steroid dienone is 1. The summed E-state index contributed by atoms with van der Waals surface area (Å²) in [6.45, 7) is 3.29. The first-order valence-corrected chi connectivity index (χ1v) is 8.56. The zero-order valence-electron chi connectivity index (χ0n) is 15.2. The molecule has 1 unspecified atom stereocenters. The van der Waals surface area contributed by atoms with Crippen LogP contribution in [0.4, 0.5) is 27.6 Å². The molecule has 0 radical (unpaired) electrons. The number of halogens is 5. The van der Waals surface area contributed by atoms with Gasteiger partial charge in [0, 0.05) is 5.56 Å². The molecule has 2 amide bonds. The largest absolute Gasteiger partial charge is 0.478 e. The van der Waals surface area contributed by atoms with Gasteiger partial charge in [0.15, 0.2) is 35.1 Å². The third kappa shape index (κ3) is 3.16. The summed E-state index contributed by atoms with van der Waals surface area (Å²) in [6.07, 6.45) is 2.19. The maximum absolute atomic E-state index is 14.2. The lowest BCUT2D eigenvalue weighted by molar-refractivity contribution is -0.125. The van der Waals surface area contributed by atoms with Crippen molar-refractivity contribution in [3.05, 3.63) is 64.5 Å². The fraction of sp³-hybridized carbons (Fsp3) is 0.200. The number of carbonyl (C=O) groups is 2. The first kappa shape index (κ1) is 20.5. The minimum absolute atomic E-state index is 0.0780. The summed E-state index contributed by atoms with van der Waals surface area (Å²) in [5.41, 5.74) is -1.41. The highest BCUT2D eigenvalue weighted by atomic mass is 19.2. The molecule has 3 rings (SSSR count). The molecule has 0 saturated carbocycles. The fourth-order valence-electron chi connectivity index (χ4n) is 2.98. The summed E-state index contributed by atoms with van der Waals surface area (Å²) >= 11 is 0. The van der Waals surface area contributed by atoms with Crippen molar-refractivity contribution in [2.75, 3.05) is 4.90 Å². The smallest absolute Gasteiger partial charge is 0.275 e. The zero-order chi connectivity index (χ0) is 21.5. The van der Waals surface area contributed by atoms with Crippen LogP contribution >= 0.6 is 0 Å². The molecule has 0 N–H and O–H groups in total. The summed E-state index contributed by atoms with van der Waals surface area (Å²) in [5, 5.41) is 0. The van der Waals surface area contributed by atoms with Gasteiger partial charge in [-0.1, -0.05) is 31.2 Å². The average Bonchev–Trinajstić information content (AvgIpc) is 2.70. The average molecular weight is 411 g/mol. The lowest BCUT2D eigenvalue weighted by Crippen LogP contribution is -2.49.